The van der Waals surface area contributed by atoms with Crippen LogP contribution in [0.2, 0.25) is 0 Å². The SMILES string of the molecule is COc1ccc(C=C(NC(=O)c2ccc(C)cc2)C(=O)N2CCCC(C)C2)c(OC)c1OC. The first-order valence-corrected chi connectivity index (χ1v) is 11.1. The van der Waals surface area contributed by atoms with E-state index in [1.807, 2.05) is 19.1 Å². The number of rotatable bonds is 7. The Bertz CT molecular complexity index is 1030. The number of nitrogens with one attached hydrogen (secondary N) is 1. The van der Waals surface area contributed by atoms with E-state index < -0.39 is 0 Å². The Kier molecular flexibility index (Phi) is 7.98. The van der Waals surface area contributed by atoms with Crippen LogP contribution in [0.15, 0.2) is 42.1 Å². The van der Waals surface area contributed by atoms with Gasteiger partial charge in [-0.2, -0.15) is 0 Å². The van der Waals surface area contributed by atoms with Gasteiger partial charge in [0.25, 0.3) is 11.8 Å². The fourth-order valence-corrected chi connectivity index (χ4v) is 3.99. The van der Waals surface area contributed by atoms with Crippen molar-refractivity contribution >= 4 is 17.9 Å². The number of methoxy groups -OCH3 is 3. The largest absolute Gasteiger partial charge is 0.493 e. The van der Waals surface area contributed by atoms with Crippen LogP contribution in [0.4, 0.5) is 0 Å². The molecular formula is C26H32N2O5. The van der Waals surface area contributed by atoms with Crippen molar-refractivity contribution in [2.45, 2.75) is 26.7 Å². The Morgan fingerprint density at radius 2 is 1.70 bits per heavy atom. The smallest absolute Gasteiger partial charge is 0.270 e. The minimum Gasteiger partial charge on any atom is -0.493 e. The molecule has 1 unspecified atom stereocenters. The van der Waals surface area contributed by atoms with E-state index >= 15 is 0 Å². The lowest BCUT2D eigenvalue weighted by atomic mass is 10.00. The summed E-state index contributed by atoms with van der Waals surface area (Å²) < 4.78 is 16.4. The number of hydrogen-bond acceptors (Lipinski definition) is 5. The summed E-state index contributed by atoms with van der Waals surface area (Å²) in [6.07, 6.45) is 3.66. The third-order valence-electron chi connectivity index (χ3n) is 5.77. The maximum Gasteiger partial charge on any atom is 0.270 e. The summed E-state index contributed by atoms with van der Waals surface area (Å²) in [5.74, 6) is 1.17. The van der Waals surface area contributed by atoms with Gasteiger partial charge in [-0.05, 0) is 56.0 Å². The van der Waals surface area contributed by atoms with E-state index in [1.54, 1.807) is 42.4 Å². The number of piperidine rings is 1. The minimum atomic E-state index is -0.348. The first-order chi connectivity index (χ1) is 15.9. The number of hydrogen-bond donors (Lipinski definition) is 1. The standard InChI is InChI=1S/C26H32N2O5/c1-17-8-10-19(11-9-17)25(29)27-21(26(30)28-14-6-7-18(2)16-28)15-20-12-13-22(31-3)24(33-5)23(20)32-4/h8-13,15,18H,6-7,14,16H2,1-5H3,(H,27,29). The quantitative estimate of drug-likeness (QED) is 0.642. The Labute approximate surface area is 195 Å². The molecule has 0 aliphatic carbocycles. The topological polar surface area (TPSA) is 77.1 Å². The molecule has 0 bridgehead atoms. The summed E-state index contributed by atoms with van der Waals surface area (Å²) in [5.41, 5.74) is 2.30. The summed E-state index contributed by atoms with van der Waals surface area (Å²) in [4.78, 5) is 28.3. The third kappa shape index (κ3) is 5.66. The lowest BCUT2D eigenvalue weighted by Gasteiger charge is -2.31. The van der Waals surface area contributed by atoms with Gasteiger partial charge in [0.1, 0.15) is 5.70 Å². The Morgan fingerprint density at radius 1 is 1.00 bits per heavy atom. The highest BCUT2D eigenvalue weighted by Crippen LogP contribution is 2.40. The number of amides is 2. The van der Waals surface area contributed by atoms with Gasteiger partial charge in [-0.3, -0.25) is 9.59 Å². The molecule has 176 valence electrons. The summed E-state index contributed by atoms with van der Waals surface area (Å²) in [6.45, 7) is 5.39. The number of aryl methyl sites for hydroxylation is 1. The average Bonchev–Trinajstić information content (AvgIpc) is 2.82. The van der Waals surface area contributed by atoms with E-state index in [0.717, 1.165) is 18.4 Å². The van der Waals surface area contributed by atoms with Crippen LogP contribution in [0.5, 0.6) is 17.2 Å². The average molecular weight is 453 g/mol. The minimum absolute atomic E-state index is 0.181. The van der Waals surface area contributed by atoms with Crippen LogP contribution in [0.25, 0.3) is 6.08 Å². The number of ether oxygens (including phenoxy) is 3. The van der Waals surface area contributed by atoms with Crippen LogP contribution in [0, 0.1) is 12.8 Å². The molecule has 1 aliphatic heterocycles. The molecule has 0 spiro atoms. The predicted octanol–water partition coefficient (Wildman–Crippen LogP) is 4.05. The summed E-state index contributed by atoms with van der Waals surface area (Å²) in [5, 5.41) is 2.83. The van der Waals surface area contributed by atoms with Crippen molar-refractivity contribution < 1.29 is 23.8 Å². The van der Waals surface area contributed by atoms with Crippen LogP contribution >= 0.6 is 0 Å². The molecule has 1 fully saturated rings. The van der Waals surface area contributed by atoms with Crippen LogP contribution in [0.1, 0.15) is 41.3 Å². The van der Waals surface area contributed by atoms with Crippen LogP contribution in [-0.2, 0) is 4.79 Å². The van der Waals surface area contributed by atoms with Crippen molar-refractivity contribution in [2.24, 2.45) is 5.92 Å². The number of carbonyl (C=O) groups excluding carboxylic acids is 2. The lowest BCUT2D eigenvalue weighted by Crippen LogP contribution is -2.43. The summed E-state index contributed by atoms with van der Waals surface area (Å²) in [6, 6.07) is 10.7. The molecule has 2 aromatic carbocycles. The van der Waals surface area contributed by atoms with E-state index in [-0.39, 0.29) is 17.5 Å². The van der Waals surface area contributed by atoms with Gasteiger partial charge in [-0.15, -0.1) is 0 Å². The normalized spacial score (nSPS) is 16.2. The second-order valence-corrected chi connectivity index (χ2v) is 8.30. The van der Waals surface area contributed by atoms with Gasteiger partial charge in [0.15, 0.2) is 11.5 Å². The van der Waals surface area contributed by atoms with Crippen molar-refractivity contribution in [3.63, 3.8) is 0 Å². The van der Waals surface area contributed by atoms with Crippen LogP contribution in [-0.4, -0.2) is 51.1 Å². The Hall–Kier alpha value is -3.48. The number of benzene rings is 2. The fourth-order valence-electron chi connectivity index (χ4n) is 3.99. The van der Waals surface area contributed by atoms with Crippen molar-refractivity contribution in [3.8, 4) is 17.2 Å². The molecule has 0 aromatic heterocycles. The number of nitrogens with zero attached hydrogens (tertiary/aromatic N) is 1. The molecule has 33 heavy (non-hydrogen) atoms. The maximum atomic E-state index is 13.5. The van der Waals surface area contributed by atoms with Crippen molar-refractivity contribution in [1.82, 2.24) is 10.2 Å². The molecule has 1 N–H and O–H groups in total. The first kappa shape index (κ1) is 24.2. The fraction of sp³-hybridized carbons (Fsp3) is 0.385. The monoisotopic (exact) mass is 452 g/mol. The molecule has 1 heterocycles. The van der Waals surface area contributed by atoms with E-state index in [9.17, 15) is 9.59 Å². The van der Waals surface area contributed by atoms with E-state index in [1.165, 1.54) is 14.2 Å². The molecule has 0 saturated carbocycles. The van der Waals surface area contributed by atoms with Gasteiger partial charge in [-0.25, -0.2) is 0 Å². The summed E-state index contributed by atoms with van der Waals surface area (Å²) >= 11 is 0. The molecule has 7 heteroatoms. The van der Waals surface area contributed by atoms with Gasteiger partial charge >= 0.3 is 0 Å². The second kappa shape index (κ2) is 10.9. The lowest BCUT2D eigenvalue weighted by molar-refractivity contribution is -0.129. The second-order valence-electron chi connectivity index (χ2n) is 8.30. The van der Waals surface area contributed by atoms with E-state index in [0.29, 0.717) is 47.4 Å². The van der Waals surface area contributed by atoms with Gasteiger partial charge in [0.05, 0.1) is 21.3 Å². The molecule has 1 aliphatic rings. The van der Waals surface area contributed by atoms with E-state index in [2.05, 4.69) is 12.2 Å². The highest BCUT2D eigenvalue weighted by Gasteiger charge is 2.26. The Balaban J connectivity index is 2.02. The van der Waals surface area contributed by atoms with Crippen LogP contribution < -0.4 is 19.5 Å². The molecule has 1 atom stereocenters. The third-order valence-corrected chi connectivity index (χ3v) is 5.77. The number of carbonyl (C=O) groups is 2. The van der Waals surface area contributed by atoms with Gasteiger partial charge in [0.2, 0.25) is 5.75 Å². The van der Waals surface area contributed by atoms with Gasteiger partial charge in [0, 0.05) is 24.2 Å². The highest BCUT2D eigenvalue weighted by atomic mass is 16.5. The van der Waals surface area contributed by atoms with E-state index in [4.69, 9.17) is 14.2 Å². The van der Waals surface area contributed by atoms with Crippen molar-refractivity contribution in [1.29, 1.82) is 0 Å². The highest BCUT2D eigenvalue weighted by molar-refractivity contribution is 6.05. The zero-order chi connectivity index (χ0) is 24.0. The maximum absolute atomic E-state index is 13.5. The van der Waals surface area contributed by atoms with Gasteiger partial charge < -0.3 is 24.4 Å². The van der Waals surface area contributed by atoms with Crippen molar-refractivity contribution in [2.75, 3.05) is 34.4 Å². The number of likely N-dealkylation sites (tertiary alicyclic amines) is 1. The molecule has 3 rings (SSSR count). The molecule has 2 amide bonds. The van der Waals surface area contributed by atoms with Crippen molar-refractivity contribution in [3.05, 3.63) is 58.8 Å². The molecule has 7 nitrogen and oxygen atoms in total. The summed E-state index contributed by atoms with van der Waals surface area (Å²) in [7, 11) is 4.59. The van der Waals surface area contributed by atoms with Gasteiger partial charge in [-0.1, -0.05) is 24.6 Å². The molecule has 1 saturated heterocycles. The Morgan fingerprint density at radius 3 is 2.30 bits per heavy atom. The zero-order valence-corrected chi connectivity index (χ0v) is 19.9. The predicted molar refractivity (Wildman–Crippen MR) is 128 cm³/mol. The first-order valence-electron chi connectivity index (χ1n) is 11.1. The zero-order valence-electron chi connectivity index (χ0n) is 19.9. The molecule has 2 aromatic rings. The van der Waals surface area contributed by atoms with Crippen LogP contribution in [0.3, 0.4) is 0 Å². The molecular weight excluding hydrogens is 420 g/mol. The molecule has 0 radical (unpaired) electrons.